The molecule has 4 rings (SSSR count). The molecule has 3 aromatic rings. The molecule has 34 heavy (non-hydrogen) atoms. The molecular weight excluding hydrogens is 466 g/mol. The van der Waals surface area contributed by atoms with E-state index in [2.05, 4.69) is 10.3 Å². The molecule has 1 saturated heterocycles. The van der Waals surface area contributed by atoms with Crippen molar-refractivity contribution in [2.45, 2.75) is 52.0 Å². The van der Waals surface area contributed by atoms with Crippen LogP contribution in [0.15, 0.2) is 46.7 Å². The summed E-state index contributed by atoms with van der Waals surface area (Å²) in [5.74, 6) is -0.228. The van der Waals surface area contributed by atoms with E-state index in [4.69, 9.17) is 0 Å². The molecule has 0 radical (unpaired) electrons. The van der Waals surface area contributed by atoms with Gasteiger partial charge in [-0.25, -0.2) is 13.4 Å². The smallest absolute Gasteiger partial charge is 0.243 e. The fourth-order valence-electron chi connectivity index (χ4n) is 4.50. The molecule has 0 unspecified atom stereocenters. The first kappa shape index (κ1) is 24.6. The zero-order chi connectivity index (χ0) is 24.5. The van der Waals surface area contributed by atoms with Crippen LogP contribution >= 0.6 is 11.3 Å². The maximum absolute atomic E-state index is 13.5. The molecule has 0 bridgehead atoms. The highest BCUT2D eigenvalue weighted by atomic mass is 32.2. The first-order valence-electron chi connectivity index (χ1n) is 11.5. The van der Waals surface area contributed by atoms with Crippen molar-refractivity contribution in [1.29, 1.82) is 0 Å². The van der Waals surface area contributed by atoms with Gasteiger partial charge in [0.05, 0.1) is 17.1 Å². The van der Waals surface area contributed by atoms with Crippen LogP contribution in [0.2, 0.25) is 0 Å². The fraction of sp³-hybridized carbons (Fsp3) is 0.385. The number of aromatic nitrogens is 1. The van der Waals surface area contributed by atoms with Crippen LogP contribution in [0.4, 0.5) is 0 Å². The number of nitrogens with zero attached hydrogens (tertiary/aromatic N) is 2. The molecule has 0 saturated carbocycles. The van der Waals surface area contributed by atoms with Crippen LogP contribution < -0.4 is 5.32 Å². The Balaban J connectivity index is 1.36. The highest BCUT2D eigenvalue weighted by molar-refractivity contribution is 7.89. The van der Waals surface area contributed by atoms with Crippen molar-refractivity contribution in [3.63, 3.8) is 0 Å². The first-order chi connectivity index (χ1) is 16.2. The Bertz CT molecular complexity index is 1270. The lowest BCUT2D eigenvalue weighted by Gasteiger charge is -2.31. The maximum atomic E-state index is 13.5. The van der Waals surface area contributed by atoms with Gasteiger partial charge in [0, 0.05) is 30.0 Å². The Morgan fingerprint density at radius 3 is 2.29 bits per heavy atom. The van der Waals surface area contributed by atoms with Gasteiger partial charge in [-0.15, -0.1) is 11.3 Å². The predicted octanol–water partition coefficient (Wildman–Crippen LogP) is 4.76. The fourth-order valence-corrected chi connectivity index (χ4v) is 7.28. The molecule has 1 aromatic heterocycles. The lowest BCUT2D eigenvalue weighted by Crippen LogP contribution is -2.43. The van der Waals surface area contributed by atoms with Crippen molar-refractivity contribution in [1.82, 2.24) is 14.6 Å². The summed E-state index contributed by atoms with van der Waals surface area (Å²) in [7, 11) is -3.60. The molecule has 2 heterocycles. The zero-order valence-corrected chi connectivity index (χ0v) is 21.7. The van der Waals surface area contributed by atoms with Crippen LogP contribution in [-0.4, -0.2) is 36.7 Å². The molecule has 0 aliphatic carbocycles. The van der Waals surface area contributed by atoms with E-state index in [0.29, 0.717) is 37.4 Å². The van der Waals surface area contributed by atoms with Crippen LogP contribution in [0.1, 0.15) is 40.1 Å². The normalized spacial score (nSPS) is 15.4. The minimum atomic E-state index is -3.60. The van der Waals surface area contributed by atoms with E-state index in [-0.39, 0.29) is 11.8 Å². The molecule has 1 N–H and O–H groups in total. The maximum Gasteiger partial charge on any atom is 0.243 e. The van der Waals surface area contributed by atoms with Gasteiger partial charge < -0.3 is 5.32 Å². The van der Waals surface area contributed by atoms with Gasteiger partial charge in [-0.2, -0.15) is 4.31 Å². The highest BCUT2D eigenvalue weighted by Gasteiger charge is 2.34. The number of hydrogen-bond donors (Lipinski definition) is 1. The number of amides is 1. The summed E-state index contributed by atoms with van der Waals surface area (Å²) in [6.45, 7) is 8.72. The van der Waals surface area contributed by atoms with Gasteiger partial charge in [-0.3, -0.25) is 4.79 Å². The topological polar surface area (TPSA) is 79.4 Å². The van der Waals surface area contributed by atoms with Crippen LogP contribution in [0.3, 0.4) is 0 Å². The Morgan fingerprint density at radius 2 is 1.68 bits per heavy atom. The number of thiazole rings is 1. The summed E-state index contributed by atoms with van der Waals surface area (Å²) in [4.78, 5) is 17.8. The number of carbonyl (C=O) groups is 1. The molecule has 1 amide bonds. The first-order valence-corrected chi connectivity index (χ1v) is 13.9. The van der Waals surface area contributed by atoms with E-state index in [0.717, 1.165) is 38.5 Å². The van der Waals surface area contributed by atoms with E-state index in [1.807, 2.05) is 69.5 Å². The molecule has 6 nitrogen and oxygen atoms in total. The molecule has 8 heteroatoms. The summed E-state index contributed by atoms with van der Waals surface area (Å²) in [6.07, 6.45) is 1.03. The van der Waals surface area contributed by atoms with E-state index in [1.54, 1.807) is 0 Å². The molecular formula is C26H31N3O3S2. The average Bonchev–Trinajstić information content (AvgIpc) is 3.31. The Morgan fingerprint density at radius 1 is 1.06 bits per heavy atom. The van der Waals surface area contributed by atoms with E-state index in [1.165, 1.54) is 15.6 Å². The van der Waals surface area contributed by atoms with Gasteiger partial charge >= 0.3 is 0 Å². The number of rotatable bonds is 6. The molecule has 0 atom stereocenters. The third-order valence-electron chi connectivity index (χ3n) is 6.75. The van der Waals surface area contributed by atoms with E-state index in [9.17, 15) is 13.2 Å². The summed E-state index contributed by atoms with van der Waals surface area (Å²) in [6, 6.07) is 12.0. The SMILES string of the molecule is Cc1cc(C)c(C)c(S(=O)(=O)N2CCC(C(=O)NCc3nc(-c4ccccc4)cs3)CC2)c1C. The van der Waals surface area contributed by atoms with E-state index >= 15 is 0 Å². The van der Waals surface area contributed by atoms with E-state index < -0.39 is 10.0 Å². The van der Waals surface area contributed by atoms with Gasteiger partial charge in [-0.1, -0.05) is 36.4 Å². The number of sulfonamides is 1. The number of carbonyl (C=O) groups excluding carboxylic acids is 1. The number of benzene rings is 2. The van der Waals surface area contributed by atoms with Gasteiger partial charge in [0.1, 0.15) is 5.01 Å². The predicted molar refractivity (Wildman–Crippen MR) is 136 cm³/mol. The number of piperidine rings is 1. The number of aryl methyl sites for hydroxylation is 2. The third kappa shape index (κ3) is 4.94. The zero-order valence-electron chi connectivity index (χ0n) is 20.1. The van der Waals surface area contributed by atoms with Crippen LogP contribution in [0.5, 0.6) is 0 Å². The monoisotopic (exact) mass is 497 g/mol. The highest BCUT2D eigenvalue weighted by Crippen LogP contribution is 2.31. The Hall–Kier alpha value is -2.55. The van der Waals surface area contributed by atoms with Crippen molar-refractivity contribution in [3.8, 4) is 11.3 Å². The number of hydrogen-bond acceptors (Lipinski definition) is 5. The second kappa shape index (κ2) is 9.98. The van der Waals surface area contributed by atoms with Crippen molar-refractivity contribution in [3.05, 3.63) is 69.0 Å². The molecule has 1 aliphatic rings. The van der Waals surface area contributed by atoms with Gasteiger partial charge in [0.25, 0.3) is 0 Å². The average molecular weight is 498 g/mol. The second-order valence-electron chi connectivity index (χ2n) is 8.98. The van der Waals surface area contributed by atoms with Crippen molar-refractivity contribution in [2.24, 2.45) is 5.92 Å². The number of nitrogens with one attached hydrogen (secondary N) is 1. The molecule has 180 valence electrons. The summed E-state index contributed by atoms with van der Waals surface area (Å²) < 4.78 is 28.5. The quantitative estimate of drug-likeness (QED) is 0.533. The van der Waals surface area contributed by atoms with Crippen LogP contribution in [0, 0.1) is 33.6 Å². The van der Waals surface area contributed by atoms with Crippen molar-refractivity contribution >= 4 is 27.3 Å². The Labute approximate surface area is 206 Å². The second-order valence-corrected chi connectivity index (χ2v) is 11.8. The standard InChI is InChI=1S/C26H31N3O3S2/c1-17-14-18(2)20(4)25(19(17)3)34(31,32)29-12-10-22(11-13-29)26(30)27-15-24-28-23(16-33-24)21-8-6-5-7-9-21/h5-9,14,16,22H,10-13,15H2,1-4H3,(H,27,30). The molecule has 0 spiro atoms. The molecule has 2 aromatic carbocycles. The third-order valence-corrected chi connectivity index (χ3v) is 9.78. The van der Waals surface area contributed by atoms with Crippen LogP contribution in [-0.2, 0) is 21.4 Å². The van der Waals surface area contributed by atoms with Crippen LogP contribution in [0.25, 0.3) is 11.3 Å². The summed E-state index contributed by atoms with van der Waals surface area (Å²) in [5, 5.41) is 5.84. The minimum absolute atomic E-state index is 0.0349. The van der Waals surface area contributed by atoms with Gasteiger partial charge in [0.2, 0.25) is 15.9 Å². The lowest BCUT2D eigenvalue weighted by atomic mass is 9.97. The van der Waals surface area contributed by atoms with Gasteiger partial charge in [0.15, 0.2) is 0 Å². The lowest BCUT2D eigenvalue weighted by molar-refractivity contribution is -0.126. The summed E-state index contributed by atoms with van der Waals surface area (Å²) >= 11 is 1.53. The largest absolute Gasteiger partial charge is 0.349 e. The van der Waals surface area contributed by atoms with Crippen molar-refractivity contribution < 1.29 is 13.2 Å². The minimum Gasteiger partial charge on any atom is -0.349 e. The summed E-state index contributed by atoms with van der Waals surface area (Å²) in [5.41, 5.74) is 5.54. The molecule has 1 aliphatic heterocycles. The van der Waals surface area contributed by atoms with Crippen molar-refractivity contribution in [2.75, 3.05) is 13.1 Å². The Kier molecular flexibility index (Phi) is 7.21. The van der Waals surface area contributed by atoms with Gasteiger partial charge in [-0.05, 0) is 62.8 Å². The molecule has 1 fully saturated rings.